The minimum Gasteiger partial charge on any atom is -0.481 e. The van der Waals surface area contributed by atoms with Crippen LogP contribution in [0.1, 0.15) is 22.1 Å². The van der Waals surface area contributed by atoms with Crippen LogP contribution in [0.5, 0.6) is 0 Å². The van der Waals surface area contributed by atoms with E-state index in [0.717, 1.165) is 24.4 Å². The lowest BCUT2D eigenvalue weighted by Gasteiger charge is -2.21. The Morgan fingerprint density at radius 2 is 1.70 bits per heavy atom. The molecule has 0 aliphatic rings. The Kier molecular flexibility index (Phi) is 6.40. The topological polar surface area (TPSA) is 84.3 Å². The molecule has 1 aromatic heterocycles. The van der Waals surface area contributed by atoms with E-state index in [0.29, 0.717) is 0 Å². The number of aliphatic carboxylic acids is 1. The van der Waals surface area contributed by atoms with Crippen molar-refractivity contribution >= 4 is 39.0 Å². The number of carbonyl (C=O) groups is 1. The maximum atomic E-state index is 14.7. The fourth-order valence-electron chi connectivity index (χ4n) is 2.93. The summed E-state index contributed by atoms with van der Waals surface area (Å²) >= 11 is 12.0. The number of hydrogen-bond acceptors (Lipinski definition) is 4. The van der Waals surface area contributed by atoms with Crippen molar-refractivity contribution < 1.29 is 27.1 Å². The molecule has 0 spiro atoms. The zero-order valence-electron chi connectivity index (χ0n) is 15.0. The average molecular weight is 472 g/mol. The number of carboxylic acids is 1. The zero-order chi connectivity index (χ0) is 22.1. The van der Waals surface area contributed by atoms with E-state index >= 15 is 0 Å². The molecule has 0 aliphatic carbocycles. The Morgan fingerprint density at radius 3 is 2.33 bits per heavy atom. The molecular formula is C20H13Cl2F2NO4S. The van der Waals surface area contributed by atoms with Crippen LogP contribution >= 0.6 is 23.2 Å². The molecule has 2 aromatic carbocycles. The van der Waals surface area contributed by atoms with Crippen LogP contribution in [0.2, 0.25) is 10.0 Å². The van der Waals surface area contributed by atoms with E-state index in [1.54, 1.807) is 0 Å². The number of nitrogens with zero attached hydrogens (tertiary/aromatic N) is 1. The van der Waals surface area contributed by atoms with Crippen LogP contribution in [0, 0.1) is 11.6 Å². The maximum Gasteiger partial charge on any atom is 0.309 e. The lowest BCUT2D eigenvalue weighted by atomic mass is 10.0. The normalized spacial score (nSPS) is 12.5. The van der Waals surface area contributed by atoms with E-state index in [-0.39, 0.29) is 26.2 Å². The van der Waals surface area contributed by atoms with Crippen LogP contribution in [-0.2, 0) is 21.1 Å². The van der Waals surface area contributed by atoms with Gasteiger partial charge in [0.2, 0.25) is 0 Å². The van der Waals surface area contributed by atoms with E-state index in [4.69, 9.17) is 28.3 Å². The van der Waals surface area contributed by atoms with Crippen molar-refractivity contribution in [2.75, 3.05) is 0 Å². The van der Waals surface area contributed by atoms with Crippen LogP contribution in [0.25, 0.3) is 0 Å². The average Bonchev–Trinajstić information content (AvgIpc) is 2.67. The molecule has 1 N–H and O–H groups in total. The van der Waals surface area contributed by atoms with Gasteiger partial charge >= 0.3 is 5.97 Å². The van der Waals surface area contributed by atoms with Gasteiger partial charge in [-0.05, 0) is 54.1 Å². The second-order valence-electron chi connectivity index (χ2n) is 6.31. The molecule has 0 bridgehead atoms. The summed E-state index contributed by atoms with van der Waals surface area (Å²) < 4.78 is 55.5. The second kappa shape index (κ2) is 8.67. The van der Waals surface area contributed by atoms with Crippen LogP contribution in [0.3, 0.4) is 0 Å². The van der Waals surface area contributed by atoms with Crippen molar-refractivity contribution in [1.82, 2.24) is 4.98 Å². The summed E-state index contributed by atoms with van der Waals surface area (Å²) in [7, 11) is -4.36. The second-order valence-corrected chi connectivity index (χ2v) is 9.19. The van der Waals surface area contributed by atoms with E-state index in [1.165, 1.54) is 30.3 Å². The Balaban J connectivity index is 2.30. The molecular weight excluding hydrogens is 459 g/mol. The van der Waals surface area contributed by atoms with Crippen molar-refractivity contribution in [1.29, 1.82) is 0 Å². The molecule has 0 amide bonds. The molecule has 1 unspecified atom stereocenters. The van der Waals surface area contributed by atoms with Crippen LogP contribution < -0.4 is 0 Å². The van der Waals surface area contributed by atoms with E-state index in [1.807, 2.05) is 0 Å². The molecule has 1 atom stereocenters. The number of sulfone groups is 1. The monoisotopic (exact) mass is 471 g/mol. The third-order valence-electron chi connectivity index (χ3n) is 4.25. The quantitative estimate of drug-likeness (QED) is 0.554. The molecule has 3 aromatic rings. The van der Waals surface area contributed by atoms with Gasteiger partial charge in [-0.15, -0.1) is 0 Å². The highest BCUT2D eigenvalue weighted by Gasteiger charge is 2.35. The first-order chi connectivity index (χ1) is 14.1. The summed E-state index contributed by atoms with van der Waals surface area (Å²) in [5, 5.41) is 7.40. The Morgan fingerprint density at radius 1 is 1.03 bits per heavy atom. The molecule has 0 aliphatic heterocycles. The smallest absolute Gasteiger partial charge is 0.309 e. The first kappa shape index (κ1) is 22.1. The van der Waals surface area contributed by atoms with Gasteiger partial charge in [-0.25, -0.2) is 17.2 Å². The molecule has 156 valence electrons. The van der Waals surface area contributed by atoms with Gasteiger partial charge in [0.15, 0.2) is 9.84 Å². The molecule has 0 saturated carbocycles. The fraction of sp³-hybridized carbons (Fsp3) is 0.100. The predicted octanol–water partition coefficient (Wildman–Crippen LogP) is 4.86. The summed E-state index contributed by atoms with van der Waals surface area (Å²) in [6.45, 7) is 0. The van der Waals surface area contributed by atoms with Crippen molar-refractivity contribution in [3.05, 3.63) is 93.2 Å². The zero-order valence-corrected chi connectivity index (χ0v) is 17.3. The van der Waals surface area contributed by atoms with Gasteiger partial charge in [0, 0.05) is 16.8 Å². The van der Waals surface area contributed by atoms with E-state index < -0.39 is 44.7 Å². The van der Waals surface area contributed by atoms with Crippen molar-refractivity contribution in [3.63, 3.8) is 0 Å². The van der Waals surface area contributed by atoms with Crippen LogP contribution in [-0.4, -0.2) is 24.5 Å². The number of rotatable bonds is 6. The molecule has 0 saturated heterocycles. The lowest BCUT2D eigenvalue weighted by Crippen LogP contribution is -2.18. The number of halogens is 4. The molecule has 10 heteroatoms. The third kappa shape index (κ3) is 4.61. The molecule has 30 heavy (non-hydrogen) atoms. The highest BCUT2D eigenvalue weighted by molar-refractivity contribution is 7.92. The summed E-state index contributed by atoms with van der Waals surface area (Å²) in [4.78, 5) is 14.7. The standard InChI is InChI=1S/C20H13Cl2F2NO4S/c21-11-1-4-14(5-2-11)30(28,29)20(16-7-12(23)3-6-18(16)24)15-8-13(9-19(26)27)25-10-17(15)22/h1-8,10,20H,9H2,(H,26,27). The molecule has 0 fully saturated rings. The number of carboxylic acid groups (broad SMARTS) is 1. The predicted molar refractivity (Wildman–Crippen MR) is 107 cm³/mol. The molecule has 5 nitrogen and oxygen atoms in total. The largest absolute Gasteiger partial charge is 0.481 e. The van der Waals surface area contributed by atoms with Gasteiger partial charge in [0.05, 0.1) is 22.0 Å². The Labute approximate surface area is 180 Å². The van der Waals surface area contributed by atoms with Crippen molar-refractivity contribution in [2.24, 2.45) is 0 Å². The van der Waals surface area contributed by atoms with Crippen molar-refractivity contribution in [3.8, 4) is 0 Å². The van der Waals surface area contributed by atoms with Gasteiger partial charge in [0.25, 0.3) is 0 Å². The van der Waals surface area contributed by atoms with E-state index in [2.05, 4.69) is 4.98 Å². The first-order valence-corrected chi connectivity index (χ1v) is 10.7. The van der Waals surface area contributed by atoms with Gasteiger partial charge < -0.3 is 5.11 Å². The minimum atomic E-state index is -4.36. The summed E-state index contributed by atoms with van der Waals surface area (Å²) in [5.41, 5.74) is -0.586. The highest BCUT2D eigenvalue weighted by atomic mass is 35.5. The highest BCUT2D eigenvalue weighted by Crippen LogP contribution is 2.40. The molecule has 1 heterocycles. The van der Waals surface area contributed by atoms with Gasteiger partial charge in [-0.1, -0.05) is 23.2 Å². The molecule has 0 radical (unpaired) electrons. The van der Waals surface area contributed by atoms with E-state index in [9.17, 15) is 22.0 Å². The summed E-state index contributed by atoms with van der Waals surface area (Å²) in [5.74, 6) is -3.02. The van der Waals surface area contributed by atoms with Gasteiger partial charge in [-0.2, -0.15) is 0 Å². The maximum absolute atomic E-state index is 14.7. The Hall–Kier alpha value is -2.55. The first-order valence-electron chi connectivity index (χ1n) is 8.40. The fourth-order valence-corrected chi connectivity index (χ4v) is 5.17. The van der Waals surface area contributed by atoms with Crippen molar-refractivity contribution in [2.45, 2.75) is 16.6 Å². The third-order valence-corrected chi connectivity index (χ3v) is 6.87. The molecule has 3 rings (SSSR count). The lowest BCUT2D eigenvalue weighted by molar-refractivity contribution is -0.136. The van der Waals surface area contributed by atoms with Crippen LogP contribution in [0.15, 0.2) is 59.6 Å². The number of aromatic nitrogens is 1. The Bertz CT molecular complexity index is 1220. The van der Waals surface area contributed by atoms with Crippen LogP contribution in [0.4, 0.5) is 8.78 Å². The minimum absolute atomic E-state index is 0.00928. The number of hydrogen-bond donors (Lipinski definition) is 1. The van der Waals surface area contributed by atoms with Gasteiger partial charge in [-0.3, -0.25) is 9.78 Å². The van der Waals surface area contributed by atoms with Gasteiger partial charge in [0.1, 0.15) is 16.9 Å². The SMILES string of the molecule is O=C(O)Cc1cc(C(c2cc(F)ccc2F)S(=O)(=O)c2ccc(Cl)cc2)c(Cl)cn1. The summed E-state index contributed by atoms with van der Waals surface area (Å²) in [6.07, 6.45) is 0.570. The number of pyridine rings is 1. The number of benzene rings is 2. The summed E-state index contributed by atoms with van der Waals surface area (Å²) in [6, 6.07) is 8.75.